The number of hydrogen-bond donors (Lipinski definition) is 2. The summed E-state index contributed by atoms with van der Waals surface area (Å²) in [6.07, 6.45) is 3.87. The summed E-state index contributed by atoms with van der Waals surface area (Å²) < 4.78 is 10.8. The molecule has 2 aromatic rings. The molecule has 1 saturated heterocycles. The number of nitrogens with one attached hydrogen (secondary N) is 2. The quantitative estimate of drug-likeness (QED) is 0.547. The van der Waals surface area contributed by atoms with Crippen molar-refractivity contribution in [1.29, 1.82) is 0 Å². The zero-order valence-corrected chi connectivity index (χ0v) is 17.8. The molecule has 0 spiro atoms. The molecular weight excluding hydrogens is 374 g/mol. The molecule has 1 atom stereocenters. The van der Waals surface area contributed by atoms with Crippen LogP contribution in [0.1, 0.15) is 16.3 Å². The summed E-state index contributed by atoms with van der Waals surface area (Å²) in [7, 11) is 5.16. The van der Waals surface area contributed by atoms with Crippen molar-refractivity contribution < 1.29 is 9.47 Å². The van der Waals surface area contributed by atoms with Crippen LogP contribution in [0.2, 0.25) is 0 Å². The first-order valence-corrected chi connectivity index (χ1v) is 10.3. The molecule has 28 heavy (non-hydrogen) atoms. The first kappa shape index (κ1) is 20.3. The Labute approximate surface area is 170 Å². The molecule has 2 heterocycles. The van der Waals surface area contributed by atoms with E-state index >= 15 is 0 Å². The molecule has 2 N–H and O–H groups in total. The monoisotopic (exact) mass is 403 g/mol. The highest BCUT2D eigenvalue weighted by atomic mass is 32.1. The lowest BCUT2D eigenvalue weighted by molar-refractivity contribution is 0.394. The average molecular weight is 404 g/mol. The molecule has 7 nitrogen and oxygen atoms in total. The first-order chi connectivity index (χ1) is 13.6. The van der Waals surface area contributed by atoms with E-state index in [0.29, 0.717) is 6.04 Å². The van der Waals surface area contributed by atoms with Gasteiger partial charge in [0, 0.05) is 74.1 Å². The fraction of sp³-hybridized carbons (Fsp3) is 0.500. The van der Waals surface area contributed by atoms with Gasteiger partial charge in [-0.1, -0.05) is 0 Å². The SMILES string of the molecule is CN=C(NCCc1ncc(C)s1)NC1CCN(c2cc(OC)cc(OC)c2)C1. The van der Waals surface area contributed by atoms with E-state index in [1.54, 1.807) is 25.6 Å². The Bertz CT molecular complexity index is 785. The molecule has 3 rings (SSSR count). The van der Waals surface area contributed by atoms with Crippen LogP contribution >= 0.6 is 11.3 Å². The zero-order valence-electron chi connectivity index (χ0n) is 17.0. The van der Waals surface area contributed by atoms with E-state index in [-0.39, 0.29) is 0 Å². The van der Waals surface area contributed by atoms with Gasteiger partial charge in [0.2, 0.25) is 0 Å². The molecule has 0 saturated carbocycles. The summed E-state index contributed by atoms with van der Waals surface area (Å²) in [5, 5.41) is 8.08. The van der Waals surface area contributed by atoms with E-state index in [1.807, 2.05) is 31.4 Å². The van der Waals surface area contributed by atoms with Gasteiger partial charge >= 0.3 is 0 Å². The molecule has 0 amide bonds. The van der Waals surface area contributed by atoms with Crippen molar-refractivity contribution in [3.8, 4) is 11.5 Å². The number of rotatable bonds is 7. The minimum atomic E-state index is 0.338. The van der Waals surface area contributed by atoms with Crippen LogP contribution in [-0.4, -0.2) is 57.9 Å². The number of methoxy groups -OCH3 is 2. The van der Waals surface area contributed by atoms with Gasteiger partial charge in [-0.05, 0) is 13.3 Å². The fourth-order valence-electron chi connectivity index (χ4n) is 3.28. The smallest absolute Gasteiger partial charge is 0.191 e. The van der Waals surface area contributed by atoms with Crippen molar-refractivity contribution in [2.24, 2.45) is 4.99 Å². The highest BCUT2D eigenvalue weighted by Crippen LogP contribution is 2.30. The number of nitrogens with zero attached hydrogens (tertiary/aromatic N) is 3. The van der Waals surface area contributed by atoms with E-state index in [9.17, 15) is 0 Å². The van der Waals surface area contributed by atoms with Gasteiger partial charge in [-0.2, -0.15) is 0 Å². The van der Waals surface area contributed by atoms with E-state index in [1.165, 1.54) is 4.88 Å². The minimum Gasteiger partial charge on any atom is -0.497 e. The maximum atomic E-state index is 5.39. The predicted octanol–water partition coefficient (Wildman–Crippen LogP) is 2.46. The Kier molecular flexibility index (Phi) is 6.97. The third-order valence-electron chi connectivity index (χ3n) is 4.75. The van der Waals surface area contributed by atoms with Crippen LogP contribution in [0.4, 0.5) is 5.69 Å². The summed E-state index contributed by atoms with van der Waals surface area (Å²) in [5.41, 5.74) is 1.11. The van der Waals surface area contributed by atoms with Gasteiger partial charge in [0.05, 0.1) is 19.2 Å². The van der Waals surface area contributed by atoms with Crippen molar-refractivity contribution >= 4 is 23.0 Å². The van der Waals surface area contributed by atoms with Crippen molar-refractivity contribution in [2.45, 2.75) is 25.8 Å². The second kappa shape index (κ2) is 9.64. The van der Waals surface area contributed by atoms with E-state index in [0.717, 1.165) is 60.6 Å². The van der Waals surface area contributed by atoms with Crippen LogP contribution in [0.25, 0.3) is 0 Å². The van der Waals surface area contributed by atoms with Gasteiger partial charge in [0.1, 0.15) is 11.5 Å². The van der Waals surface area contributed by atoms with E-state index in [4.69, 9.17) is 9.47 Å². The molecule has 0 radical (unpaired) electrons. The molecule has 8 heteroatoms. The highest BCUT2D eigenvalue weighted by molar-refractivity contribution is 7.11. The summed E-state index contributed by atoms with van der Waals surface area (Å²) in [5.74, 6) is 2.45. The summed E-state index contributed by atoms with van der Waals surface area (Å²) in [4.78, 5) is 12.4. The Hall–Kier alpha value is -2.48. The van der Waals surface area contributed by atoms with Gasteiger partial charge in [-0.25, -0.2) is 4.98 Å². The maximum Gasteiger partial charge on any atom is 0.191 e. The average Bonchev–Trinajstić information content (AvgIpc) is 3.35. The molecule has 1 unspecified atom stereocenters. The third kappa shape index (κ3) is 5.28. The lowest BCUT2D eigenvalue weighted by atomic mass is 10.2. The first-order valence-electron chi connectivity index (χ1n) is 9.47. The summed E-state index contributed by atoms with van der Waals surface area (Å²) >= 11 is 1.75. The second-order valence-corrected chi connectivity index (χ2v) is 8.08. The van der Waals surface area contributed by atoms with Crippen LogP contribution in [0.15, 0.2) is 29.4 Å². The van der Waals surface area contributed by atoms with Crippen molar-refractivity contribution in [1.82, 2.24) is 15.6 Å². The Morgan fingerprint density at radius 2 is 2.04 bits per heavy atom. The van der Waals surface area contributed by atoms with E-state index < -0.39 is 0 Å². The zero-order chi connectivity index (χ0) is 19.9. The number of aromatic nitrogens is 1. The fourth-order valence-corrected chi connectivity index (χ4v) is 4.07. The molecular formula is C20H29N5O2S. The third-order valence-corrected chi connectivity index (χ3v) is 5.73. The second-order valence-electron chi connectivity index (χ2n) is 6.76. The summed E-state index contributed by atoms with van der Waals surface area (Å²) in [6, 6.07) is 6.33. The Morgan fingerprint density at radius 1 is 1.29 bits per heavy atom. The topological polar surface area (TPSA) is 71.0 Å². The number of hydrogen-bond acceptors (Lipinski definition) is 6. The van der Waals surface area contributed by atoms with Crippen LogP contribution in [0.5, 0.6) is 11.5 Å². The molecule has 1 aliphatic rings. The minimum absolute atomic E-state index is 0.338. The molecule has 1 aromatic heterocycles. The summed E-state index contributed by atoms with van der Waals surface area (Å²) in [6.45, 7) is 4.78. The molecule has 1 aromatic carbocycles. The van der Waals surface area contributed by atoms with Gasteiger partial charge < -0.3 is 25.0 Å². The molecule has 1 fully saturated rings. The number of thiazole rings is 1. The lowest BCUT2D eigenvalue weighted by Crippen LogP contribution is -2.45. The number of ether oxygens (including phenoxy) is 2. The normalized spacial score (nSPS) is 16.9. The molecule has 0 aliphatic carbocycles. The number of guanidine groups is 1. The molecule has 1 aliphatic heterocycles. The molecule has 152 valence electrons. The number of anilines is 1. The van der Waals surface area contributed by atoms with Gasteiger partial charge in [-0.3, -0.25) is 4.99 Å². The van der Waals surface area contributed by atoms with Gasteiger partial charge in [-0.15, -0.1) is 11.3 Å². The van der Waals surface area contributed by atoms with Gasteiger partial charge in [0.15, 0.2) is 5.96 Å². The van der Waals surface area contributed by atoms with Crippen molar-refractivity contribution in [2.75, 3.05) is 45.8 Å². The maximum absolute atomic E-state index is 5.39. The van der Waals surface area contributed by atoms with Crippen LogP contribution in [0.3, 0.4) is 0 Å². The van der Waals surface area contributed by atoms with E-state index in [2.05, 4.69) is 32.4 Å². The standard InChI is InChI=1S/C20H29N5O2S/c1-14-12-23-19(28-14)5-7-22-20(21-2)24-15-6-8-25(13-15)16-9-17(26-3)11-18(10-16)27-4/h9-12,15H,5-8,13H2,1-4H3,(H2,21,22,24). The Balaban J connectivity index is 1.51. The number of aliphatic imine (C=N–C) groups is 1. The van der Waals surface area contributed by atoms with Crippen LogP contribution in [-0.2, 0) is 6.42 Å². The molecule has 0 bridgehead atoms. The number of aryl methyl sites for hydroxylation is 1. The number of benzene rings is 1. The van der Waals surface area contributed by atoms with Crippen LogP contribution < -0.4 is 25.0 Å². The highest BCUT2D eigenvalue weighted by Gasteiger charge is 2.24. The van der Waals surface area contributed by atoms with Crippen LogP contribution in [0, 0.1) is 6.92 Å². The Morgan fingerprint density at radius 3 is 2.64 bits per heavy atom. The lowest BCUT2D eigenvalue weighted by Gasteiger charge is -2.21. The van der Waals surface area contributed by atoms with Gasteiger partial charge in [0.25, 0.3) is 0 Å². The van der Waals surface area contributed by atoms with Crippen molar-refractivity contribution in [3.05, 3.63) is 34.3 Å². The van der Waals surface area contributed by atoms with Crippen molar-refractivity contribution in [3.63, 3.8) is 0 Å². The largest absolute Gasteiger partial charge is 0.497 e. The predicted molar refractivity (Wildman–Crippen MR) is 115 cm³/mol.